The summed E-state index contributed by atoms with van der Waals surface area (Å²) < 4.78 is 0. The van der Waals surface area contributed by atoms with E-state index in [2.05, 4.69) is 6.58 Å². The van der Waals surface area contributed by atoms with E-state index < -0.39 is 5.97 Å². The molecule has 0 saturated carbocycles. The zero-order chi connectivity index (χ0) is 4.99. The molecule has 0 aliphatic carbocycles. The normalized spacial score (nSPS) is 6.29. The van der Waals surface area contributed by atoms with Crippen LogP contribution < -0.4 is 24.0 Å². The molecule has 0 radical (unpaired) electrons. The van der Waals surface area contributed by atoms with E-state index in [1.165, 1.54) is 6.08 Å². The Morgan fingerprint density at radius 2 is 2.29 bits per heavy atom. The van der Waals surface area contributed by atoms with E-state index in [4.69, 9.17) is 0 Å². The van der Waals surface area contributed by atoms with E-state index in [1.807, 2.05) is 0 Å². The van der Waals surface area contributed by atoms with Crippen molar-refractivity contribution in [3.8, 4) is 0 Å². The number of hydrogen-bond acceptors (Lipinski definition) is 2. The summed E-state index contributed by atoms with van der Waals surface area (Å²) in [6.07, 6.45) is 1.23. The van der Waals surface area contributed by atoms with E-state index >= 15 is 0 Å². The molecule has 0 fully saturated rings. The Balaban J connectivity index is 0. The van der Waals surface area contributed by atoms with Crippen LogP contribution in [0.15, 0.2) is 12.7 Å². The third-order valence-electron chi connectivity index (χ3n) is 0.311. The van der Waals surface area contributed by atoms with E-state index in [9.17, 15) is 9.90 Å². The average molecular weight is 92.0 g/mol. The second-order valence-electron chi connectivity index (χ2n) is 0.865. The Hall–Kier alpha value is -0.193. The van der Waals surface area contributed by atoms with Crippen molar-refractivity contribution in [2.45, 2.75) is 6.42 Å². The number of carboxylic acid groups (broad SMARTS) is 1. The Kier molecular flexibility index (Phi) is 8.24. The van der Waals surface area contributed by atoms with Gasteiger partial charge in [-0.15, -0.1) is 6.58 Å². The summed E-state index contributed by atoms with van der Waals surface area (Å²) in [5.41, 5.74) is 0. The summed E-state index contributed by atoms with van der Waals surface area (Å²) in [5, 5.41) is 9.42. The van der Waals surface area contributed by atoms with E-state index in [0.717, 1.165) is 0 Å². The molecule has 0 aromatic heterocycles. The molecule has 0 aliphatic rings. The zero-order valence-electron chi connectivity index (χ0n) is 4.31. The summed E-state index contributed by atoms with van der Waals surface area (Å²) in [7, 11) is 0. The minimum Gasteiger partial charge on any atom is -0.550 e. The van der Waals surface area contributed by atoms with Gasteiger partial charge in [0.1, 0.15) is 0 Å². The molecule has 0 rings (SSSR count). The van der Waals surface area contributed by atoms with Crippen molar-refractivity contribution in [3.63, 3.8) is 0 Å². The molecule has 0 aromatic carbocycles. The topological polar surface area (TPSA) is 40.1 Å². The molecule has 0 atom stereocenters. The van der Waals surface area contributed by atoms with Gasteiger partial charge in [-0.1, -0.05) is 6.08 Å². The molecular formula is C4H5LiO2. The van der Waals surface area contributed by atoms with Crippen LogP contribution in [0.1, 0.15) is 6.42 Å². The Morgan fingerprint density at radius 3 is 2.29 bits per heavy atom. The maximum atomic E-state index is 9.42. The molecule has 2 nitrogen and oxygen atoms in total. The van der Waals surface area contributed by atoms with Gasteiger partial charge in [0.05, 0.1) is 0 Å². The summed E-state index contributed by atoms with van der Waals surface area (Å²) in [6.45, 7) is 3.18. The van der Waals surface area contributed by atoms with Gasteiger partial charge in [0.2, 0.25) is 0 Å². The Bertz CT molecular complexity index is 70.1. The van der Waals surface area contributed by atoms with Crippen molar-refractivity contribution < 1.29 is 28.8 Å². The maximum Gasteiger partial charge on any atom is 1.00 e. The minimum atomic E-state index is -1.08. The number of carboxylic acids is 1. The van der Waals surface area contributed by atoms with Gasteiger partial charge < -0.3 is 9.90 Å². The van der Waals surface area contributed by atoms with Crippen LogP contribution in [-0.2, 0) is 4.79 Å². The number of rotatable bonds is 2. The largest absolute Gasteiger partial charge is 1.00 e. The molecule has 0 unspecified atom stereocenters. The third-order valence-corrected chi connectivity index (χ3v) is 0.311. The fraction of sp³-hybridized carbons (Fsp3) is 0.250. The summed E-state index contributed by atoms with van der Waals surface area (Å²) >= 11 is 0. The van der Waals surface area contributed by atoms with E-state index in [0.29, 0.717) is 0 Å². The van der Waals surface area contributed by atoms with Crippen LogP contribution in [0, 0.1) is 0 Å². The number of hydrogen-bond donors (Lipinski definition) is 0. The quantitative estimate of drug-likeness (QED) is 0.260. The van der Waals surface area contributed by atoms with Gasteiger partial charge >= 0.3 is 18.9 Å². The maximum absolute atomic E-state index is 9.42. The van der Waals surface area contributed by atoms with Gasteiger partial charge in [-0.25, -0.2) is 0 Å². The molecule has 0 spiro atoms. The number of aliphatic carboxylic acids is 1. The number of carbonyl (C=O) groups excluding carboxylic acids is 1. The average Bonchev–Trinajstić information content (AvgIpc) is 1.35. The van der Waals surface area contributed by atoms with Gasteiger partial charge in [0.15, 0.2) is 0 Å². The fourth-order valence-corrected chi connectivity index (χ4v) is 0.118. The van der Waals surface area contributed by atoms with Gasteiger partial charge in [-0.2, -0.15) is 0 Å². The van der Waals surface area contributed by atoms with Crippen LogP contribution >= 0.6 is 0 Å². The van der Waals surface area contributed by atoms with Gasteiger partial charge in [-0.05, 0) is 0 Å². The second-order valence-corrected chi connectivity index (χ2v) is 0.865. The Morgan fingerprint density at radius 1 is 1.86 bits per heavy atom. The van der Waals surface area contributed by atoms with Crippen molar-refractivity contribution in [2.75, 3.05) is 0 Å². The Labute approximate surface area is 54.4 Å². The van der Waals surface area contributed by atoms with E-state index in [1.54, 1.807) is 0 Å². The molecule has 0 aromatic rings. The first-order chi connectivity index (χ1) is 2.77. The van der Waals surface area contributed by atoms with Crippen molar-refractivity contribution in [3.05, 3.63) is 12.7 Å². The smallest absolute Gasteiger partial charge is 0.550 e. The summed E-state index contributed by atoms with van der Waals surface area (Å²) in [4.78, 5) is 9.42. The standard InChI is InChI=1S/C4H6O2.Li/c1-2-3-4(5)6;/h2H,1,3H2,(H,5,6);/q;+1/p-1. The zero-order valence-corrected chi connectivity index (χ0v) is 4.31. The molecule has 0 saturated heterocycles. The molecule has 0 N–H and O–H groups in total. The molecule has 0 heterocycles. The molecule has 7 heavy (non-hydrogen) atoms. The van der Waals surface area contributed by atoms with E-state index in [-0.39, 0.29) is 25.3 Å². The van der Waals surface area contributed by atoms with Gasteiger partial charge in [0, 0.05) is 12.4 Å². The fourth-order valence-electron chi connectivity index (χ4n) is 0.118. The van der Waals surface area contributed by atoms with Crippen LogP contribution in [0.3, 0.4) is 0 Å². The van der Waals surface area contributed by atoms with Gasteiger partial charge in [0.25, 0.3) is 0 Å². The first-order valence-corrected chi connectivity index (χ1v) is 1.58. The number of carbonyl (C=O) groups is 1. The molecule has 0 bridgehead atoms. The molecule has 34 valence electrons. The third kappa shape index (κ3) is 10.7. The van der Waals surface area contributed by atoms with Crippen molar-refractivity contribution in [2.24, 2.45) is 0 Å². The molecule has 3 heteroatoms. The minimum absolute atomic E-state index is 0. The predicted octanol–water partition coefficient (Wildman–Crippen LogP) is -3.68. The van der Waals surface area contributed by atoms with Crippen molar-refractivity contribution in [1.82, 2.24) is 0 Å². The molecule has 0 amide bonds. The van der Waals surface area contributed by atoms with Crippen LogP contribution in [0.25, 0.3) is 0 Å². The molecular weight excluding hydrogens is 87.0 g/mol. The molecule has 0 aliphatic heterocycles. The predicted molar refractivity (Wildman–Crippen MR) is 19.8 cm³/mol. The van der Waals surface area contributed by atoms with Crippen LogP contribution in [0.4, 0.5) is 0 Å². The summed E-state index contributed by atoms with van der Waals surface area (Å²) in [6, 6.07) is 0. The van der Waals surface area contributed by atoms with Gasteiger partial charge in [-0.3, -0.25) is 0 Å². The van der Waals surface area contributed by atoms with Crippen molar-refractivity contribution >= 4 is 5.97 Å². The van der Waals surface area contributed by atoms with Crippen LogP contribution in [0.2, 0.25) is 0 Å². The van der Waals surface area contributed by atoms with Crippen molar-refractivity contribution in [1.29, 1.82) is 0 Å². The second kappa shape index (κ2) is 5.81. The SMILES string of the molecule is C=CCC(=O)[O-].[Li+]. The first kappa shape index (κ1) is 9.93. The summed E-state index contributed by atoms with van der Waals surface area (Å²) in [5.74, 6) is -1.08. The van der Waals surface area contributed by atoms with Crippen LogP contribution in [0.5, 0.6) is 0 Å². The van der Waals surface area contributed by atoms with Crippen LogP contribution in [-0.4, -0.2) is 5.97 Å². The monoisotopic (exact) mass is 92.0 g/mol. The first-order valence-electron chi connectivity index (χ1n) is 1.58.